The van der Waals surface area contributed by atoms with E-state index >= 15 is 0 Å². The number of allylic oxidation sites excluding steroid dienone is 3. The van der Waals surface area contributed by atoms with Gasteiger partial charge in [-0.1, -0.05) is 37.6 Å². The Kier molecular flexibility index (Phi) is 4.79. The van der Waals surface area contributed by atoms with Crippen molar-refractivity contribution in [2.75, 3.05) is 0 Å². The van der Waals surface area contributed by atoms with Gasteiger partial charge in [-0.25, -0.2) is 0 Å². The van der Waals surface area contributed by atoms with Crippen molar-refractivity contribution in [1.82, 2.24) is 0 Å². The van der Waals surface area contributed by atoms with E-state index in [-0.39, 0.29) is 0 Å². The second kappa shape index (κ2) is 5.67. The molecule has 0 fully saturated rings. The molecule has 1 rings (SSSR count). The molecule has 0 amide bonds. The molecule has 0 aliphatic heterocycles. The highest BCUT2D eigenvalue weighted by Gasteiger charge is 2.18. The molecule has 2 atom stereocenters. The molecule has 0 radical (unpaired) electrons. The zero-order valence-corrected chi connectivity index (χ0v) is 11.2. The number of aliphatic hydroxyl groups is 1. The van der Waals surface area contributed by atoms with Crippen LogP contribution in [0.5, 0.6) is 0 Å². The third-order valence-corrected chi connectivity index (χ3v) is 3.57. The van der Waals surface area contributed by atoms with Gasteiger partial charge < -0.3 is 5.11 Å². The predicted octanol–water partition coefficient (Wildman–Crippen LogP) is 4.09. The highest BCUT2D eigenvalue weighted by molar-refractivity contribution is 5.07. The SMILES string of the molecule is C/C1=C/CCC(C)(O)/C=C\C(C(C)C)CC1. The quantitative estimate of drug-likeness (QED) is 0.663. The Hall–Kier alpha value is -0.560. The van der Waals surface area contributed by atoms with Crippen molar-refractivity contribution in [1.29, 1.82) is 0 Å². The summed E-state index contributed by atoms with van der Waals surface area (Å²) in [6, 6.07) is 0. The van der Waals surface area contributed by atoms with Gasteiger partial charge in [-0.2, -0.15) is 0 Å². The van der Waals surface area contributed by atoms with Crippen LogP contribution in [0.1, 0.15) is 53.4 Å². The first kappa shape index (κ1) is 13.5. The maximum atomic E-state index is 10.2. The Labute approximate surface area is 100 Å². The summed E-state index contributed by atoms with van der Waals surface area (Å²) in [5.74, 6) is 1.24. The Bertz CT molecular complexity index is 271. The summed E-state index contributed by atoms with van der Waals surface area (Å²) in [6.07, 6.45) is 10.7. The Morgan fingerprint density at radius 2 is 2.12 bits per heavy atom. The first-order valence-electron chi connectivity index (χ1n) is 6.48. The third-order valence-electron chi connectivity index (χ3n) is 3.57. The van der Waals surface area contributed by atoms with Gasteiger partial charge in [0, 0.05) is 0 Å². The lowest BCUT2D eigenvalue weighted by Crippen LogP contribution is -2.21. The fourth-order valence-corrected chi connectivity index (χ4v) is 2.17. The van der Waals surface area contributed by atoms with Gasteiger partial charge in [-0.3, -0.25) is 0 Å². The molecule has 0 aromatic heterocycles. The van der Waals surface area contributed by atoms with E-state index in [0.29, 0.717) is 11.8 Å². The molecule has 0 aromatic carbocycles. The minimum atomic E-state index is -0.638. The van der Waals surface area contributed by atoms with Crippen LogP contribution in [0.4, 0.5) is 0 Å². The van der Waals surface area contributed by atoms with Crippen LogP contribution in [-0.4, -0.2) is 10.7 Å². The highest BCUT2D eigenvalue weighted by Crippen LogP contribution is 2.25. The number of hydrogen-bond acceptors (Lipinski definition) is 1. The third kappa shape index (κ3) is 4.52. The summed E-state index contributed by atoms with van der Waals surface area (Å²) < 4.78 is 0. The fraction of sp³-hybridized carbons (Fsp3) is 0.733. The Morgan fingerprint density at radius 3 is 2.75 bits per heavy atom. The van der Waals surface area contributed by atoms with Crippen molar-refractivity contribution in [3.63, 3.8) is 0 Å². The van der Waals surface area contributed by atoms with Crippen molar-refractivity contribution in [3.8, 4) is 0 Å². The highest BCUT2D eigenvalue weighted by atomic mass is 16.3. The first-order chi connectivity index (χ1) is 7.41. The van der Waals surface area contributed by atoms with Crippen LogP contribution >= 0.6 is 0 Å². The van der Waals surface area contributed by atoms with E-state index in [2.05, 4.69) is 32.9 Å². The normalized spacial score (nSPS) is 37.9. The molecule has 2 unspecified atom stereocenters. The molecule has 0 heterocycles. The summed E-state index contributed by atoms with van der Waals surface area (Å²) in [5, 5.41) is 10.2. The van der Waals surface area contributed by atoms with Gasteiger partial charge in [-0.15, -0.1) is 0 Å². The minimum Gasteiger partial charge on any atom is -0.386 e. The maximum absolute atomic E-state index is 10.2. The zero-order valence-electron chi connectivity index (χ0n) is 11.2. The number of rotatable bonds is 1. The van der Waals surface area contributed by atoms with Crippen LogP contribution in [0.3, 0.4) is 0 Å². The Balaban J connectivity index is 2.79. The summed E-state index contributed by atoms with van der Waals surface area (Å²) in [4.78, 5) is 0. The second-order valence-electron chi connectivity index (χ2n) is 5.75. The van der Waals surface area contributed by atoms with Crippen LogP contribution in [0.15, 0.2) is 23.8 Å². The van der Waals surface area contributed by atoms with Gasteiger partial charge in [0.2, 0.25) is 0 Å². The average molecular weight is 222 g/mol. The molecule has 92 valence electrons. The molecule has 16 heavy (non-hydrogen) atoms. The van der Waals surface area contributed by atoms with Crippen molar-refractivity contribution in [2.45, 2.75) is 59.0 Å². The largest absolute Gasteiger partial charge is 0.386 e. The van der Waals surface area contributed by atoms with Crippen molar-refractivity contribution >= 4 is 0 Å². The molecular weight excluding hydrogens is 196 g/mol. The van der Waals surface area contributed by atoms with Gasteiger partial charge in [0.25, 0.3) is 0 Å². The zero-order chi connectivity index (χ0) is 12.2. The van der Waals surface area contributed by atoms with Crippen molar-refractivity contribution < 1.29 is 5.11 Å². The fourth-order valence-electron chi connectivity index (χ4n) is 2.17. The molecular formula is C15H26O. The van der Waals surface area contributed by atoms with Crippen LogP contribution in [0, 0.1) is 11.8 Å². The van der Waals surface area contributed by atoms with Crippen LogP contribution in [-0.2, 0) is 0 Å². The molecule has 0 spiro atoms. The van der Waals surface area contributed by atoms with E-state index in [0.717, 1.165) is 12.8 Å². The lowest BCUT2D eigenvalue weighted by atomic mass is 9.86. The summed E-state index contributed by atoms with van der Waals surface area (Å²) in [7, 11) is 0. The van der Waals surface area contributed by atoms with Crippen molar-refractivity contribution in [3.05, 3.63) is 23.8 Å². The smallest absolute Gasteiger partial charge is 0.0802 e. The van der Waals surface area contributed by atoms with Gasteiger partial charge in [0.15, 0.2) is 0 Å². The Morgan fingerprint density at radius 1 is 1.44 bits per heavy atom. The van der Waals surface area contributed by atoms with E-state index in [1.165, 1.54) is 18.4 Å². The van der Waals surface area contributed by atoms with E-state index in [1.807, 2.05) is 13.0 Å². The van der Waals surface area contributed by atoms with E-state index in [4.69, 9.17) is 0 Å². The lowest BCUT2D eigenvalue weighted by Gasteiger charge is -2.23. The molecule has 0 aromatic rings. The van der Waals surface area contributed by atoms with E-state index < -0.39 is 5.60 Å². The topological polar surface area (TPSA) is 20.2 Å². The van der Waals surface area contributed by atoms with Gasteiger partial charge in [0.1, 0.15) is 0 Å². The minimum absolute atomic E-state index is 0.591. The maximum Gasteiger partial charge on any atom is 0.0802 e. The van der Waals surface area contributed by atoms with Gasteiger partial charge in [0.05, 0.1) is 5.60 Å². The van der Waals surface area contributed by atoms with E-state index in [9.17, 15) is 5.11 Å². The predicted molar refractivity (Wildman–Crippen MR) is 70.3 cm³/mol. The first-order valence-corrected chi connectivity index (χ1v) is 6.48. The van der Waals surface area contributed by atoms with Crippen LogP contribution < -0.4 is 0 Å². The molecule has 0 bridgehead atoms. The standard InChI is InChI=1S/C15H26O/c1-12(2)14-8-7-13(3)6-5-10-15(4,16)11-9-14/h6,9,11-12,14,16H,5,7-8,10H2,1-4H3/b11-9-,13-6-. The summed E-state index contributed by atoms with van der Waals surface area (Å²) in [6.45, 7) is 8.63. The molecule has 1 aliphatic rings. The number of hydrogen-bond donors (Lipinski definition) is 1. The van der Waals surface area contributed by atoms with Crippen LogP contribution in [0.2, 0.25) is 0 Å². The van der Waals surface area contributed by atoms with E-state index in [1.54, 1.807) is 0 Å². The molecule has 1 aliphatic carbocycles. The lowest BCUT2D eigenvalue weighted by molar-refractivity contribution is 0.102. The van der Waals surface area contributed by atoms with Gasteiger partial charge in [-0.05, 0) is 51.4 Å². The second-order valence-corrected chi connectivity index (χ2v) is 5.75. The summed E-state index contributed by atoms with van der Waals surface area (Å²) >= 11 is 0. The average Bonchev–Trinajstić information content (AvgIpc) is 2.16. The van der Waals surface area contributed by atoms with Crippen LogP contribution in [0.25, 0.3) is 0 Å². The molecule has 0 saturated heterocycles. The molecule has 1 heteroatoms. The monoisotopic (exact) mass is 222 g/mol. The van der Waals surface area contributed by atoms with Crippen molar-refractivity contribution in [2.24, 2.45) is 11.8 Å². The van der Waals surface area contributed by atoms with Gasteiger partial charge >= 0.3 is 0 Å². The molecule has 0 saturated carbocycles. The molecule has 1 nitrogen and oxygen atoms in total. The molecule has 1 N–H and O–H groups in total. The summed E-state index contributed by atoms with van der Waals surface area (Å²) in [5.41, 5.74) is 0.832.